The molecule has 82 valence electrons. The highest BCUT2D eigenvalue weighted by molar-refractivity contribution is 9.10. The van der Waals surface area contributed by atoms with Gasteiger partial charge in [0.05, 0.1) is 27.3 Å². The monoisotopic (exact) mass is 289 g/mol. The number of halogens is 2. The molecule has 1 fully saturated rings. The van der Waals surface area contributed by atoms with Crippen molar-refractivity contribution in [3.63, 3.8) is 0 Å². The number of aliphatic hydroxyl groups is 1. The van der Waals surface area contributed by atoms with E-state index in [1.807, 2.05) is 18.2 Å². The van der Waals surface area contributed by atoms with Crippen LogP contribution in [0, 0.1) is 0 Å². The van der Waals surface area contributed by atoms with Gasteiger partial charge in [0, 0.05) is 0 Å². The topological polar surface area (TPSA) is 32.3 Å². The number of nitrogens with one attached hydrogen (secondary N) is 1. The van der Waals surface area contributed by atoms with Crippen molar-refractivity contribution in [1.29, 1.82) is 0 Å². The van der Waals surface area contributed by atoms with Gasteiger partial charge in [-0.3, -0.25) is 0 Å². The molecule has 1 aromatic rings. The van der Waals surface area contributed by atoms with Crippen LogP contribution in [0.25, 0.3) is 0 Å². The van der Waals surface area contributed by atoms with Crippen molar-refractivity contribution in [1.82, 2.24) is 0 Å². The van der Waals surface area contributed by atoms with E-state index in [-0.39, 0.29) is 12.1 Å². The molecule has 15 heavy (non-hydrogen) atoms. The average molecular weight is 291 g/mol. The first kappa shape index (κ1) is 11.2. The maximum Gasteiger partial charge on any atom is 0.0741 e. The maximum atomic E-state index is 9.70. The molecule has 2 rings (SSSR count). The number of hydrogen-bond donors (Lipinski definition) is 2. The van der Waals surface area contributed by atoms with E-state index in [9.17, 15) is 5.11 Å². The SMILES string of the molecule is OC1CCCC1Nc1cccc(Cl)c1Br. The molecule has 0 aromatic heterocycles. The summed E-state index contributed by atoms with van der Waals surface area (Å²) >= 11 is 9.42. The van der Waals surface area contributed by atoms with Crippen molar-refractivity contribution in [3.05, 3.63) is 27.7 Å². The average Bonchev–Trinajstić information content (AvgIpc) is 2.60. The molecule has 1 aromatic carbocycles. The fourth-order valence-electron chi connectivity index (χ4n) is 1.92. The van der Waals surface area contributed by atoms with E-state index in [1.54, 1.807) is 0 Å². The highest BCUT2D eigenvalue weighted by Gasteiger charge is 2.25. The molecule has 2 nitrogen and oxygen atoms in total. The second-order valence-electron chi connectivity index (χ2n) is 3.85. The molecule has 0 amide bonds. The van der Waals surface area contributed by atoms with Crippen LogP contribution in [0.1, 0.15) is 19.3 Å². The largest absolute Gasteiger partial charge is 0.391 e. The first-order valence-electron chi connectivity index (χ1n) is 5.07. The third-order valence-corrected chi connectivity index (χ3v) is 4.17. The third kappa shape index (κ3) is 2.47. The van der Waals surface area contributed by atoms with Crippen molar-refractivity contribution in [2.24, 2.45) is 0 Å². The van der Waals surface area contributed by atoms with E-state index in [0.717, 1.165) is 29.4 Å². The Balaban J connectivity index is 2.13. The minimum absolute atomic E-state index is 0.153. The maximum absolute atomic E-state index is 9.70. The summed E-state index contributed by atoms with van der Waals surface area (Å²) < 4.78 is 0.866. The van der Waals surface area contributed by atoms with Gasteiger partial charge in [0.25, 0.3) is 0 Å². The summed E-state index contributed by atoms with van der Waals surface area (Å²) in [5, 5.41) is 13.7. The molecule has 1 saturated carbocycles. The Kier molecular flexibility index (Phi) is 3.54. The number of benzene rings is 1. The Morgan fingerprint density at radius 2 is 2.20 bits per heavy atom. The molecule has 2 unspecified atom stereocenters. The molecule has 0 radical (unpaired) electrons. The predicted octanol–water partition coefficient (Wildman–Crippen LogP) is 3.43. The van der Waals surface area contributed by atoms with Gasteiger partial charge in [0.2, 0.25) is 0 Å². The van der Waals surface area contributed by atoms with Gasteiger partial charge in [-0.2, -0.15) is 0 Å². The van der Waals surface area contributed by atoms with Crippen molar-refractivity contribution < 1.29 is 5.11 Å². The van der Waals surface area contributed by atoms with Crippen LogP contribution in [0.5, 0.6) is 0 Å². The minimum Gasteiger partial charge on any atom is -0.391 e. The van der Waals surface area contributed by atoms with Gasteiger partial charge in [-0.05, 0) is 47.3 Å². The van der Waals surface area contributed by atoms with E-state index in [2.05, 4.69) is 21.2 Å². The van der Waals surface area contributed by atoms with Gasteiger partial charge in [-0.1, -0.05) is 17.7 Å². The molecule has 1 aliphatic carbocycles. The van der Waals surface area contributed by atoms with Crippen LogP contribution < -0.4 is 5.32 Å². The van der Waals surface area contributed by atoms with Crippen LogP contribution in [0.4, 0.5) is 5.69 Å². The van der Waals surface area contributed by atoms with Crippen LogP contribution >= 0.6 is 27.5 Å². The summed E-state index contributed by atoms with van der Waals surface area (Å²) in [5.41, 5.74) is 0.952. The quantitative estimate of drug-likeness (QED) is 0.874. The summed E-state index contributed by atoms with van der Waals surface area (Å²) in [6, 6.07) is 5.85. The number of rotatable bonds is 2. The Bertz CT molecular complexity index is 358. The minimum atomic E-state index is -0.240. The van der Waals surface area contributed by atoms with Gasteiger partial charge in [-0.25, -0.2) is 0 Å². The van der Waals surface area contributed by atoms with Gasteiger partial charge < -0.3 is 10.4 Å². The standard InChI is InChI=1S/C11H13BrClNO/c12-11-7(13)3-1-5-9(11)14-8-4-2-6-10(8)15/h1,3,5,8,10,14-15H,2,4,6H2. The van der Waals surface area contributed by atoms with E-state index < -0.39 is 0 Å². The van der Waals surface area contributed by atoms with Crippen molar-refractivity contribution in [3.8, 4) is 0 Å². The van der Waals surface area contributed by atoms with Gasteiger partial charge in [-0.15, -0.1) is 0 Å². The zero-order valence-corrected chi connectivity index (χ0v) is 10.6. The van der Waals surface area contributed by atoms with Crippen molar-refractivity contribution >= 4 is 33.2 Å². The second-order valence-corrected chi connectivity index (χ2v) is 5.05. The lowest BCUT2D eigenvalue weighted by Crippen LogP contribution is -2.28. The molecule has 0 spiro atoms. The summed E-state index contributed by atoms with van der Waals surface area (Å²) in [7, 11) is 0. The lowest BCUT2D eigenvalue weighted by molar-refractivity contribution is 0.172. The molecule has 0 aliphatic heterocycles. The third-order valence-electron chi connectivity index (χ3n) is 2.77. The highest BCUT2D eigenvalue weighted by atomic mass is 79.9. The van der Waals surface area contributed by atoms with Crippen LogP contribution in [-0.2, 0) is 0 Å². The van der Waals surface area contributed by atoms with Crippen LogP contribution in [-0.4, -0.2) is 17.3 Å². The van der Waals surface area contributed by atoms with Crippen molar-refractivity contribution in [2.45, 2.75) is 31.4 Å². The van der Waals surface area contributed by atoms with Gasteiger partial charge in [0.1, 0.15) is 0 Å². The van der Waals surface area contributed by atoms with Crippen LogP contribution in [0.2, 0.25) is 5.02 Å². The second kappa shape index (κ2) is 4.73. The summed E-state index contributed by atoms with van der Waals surface area (Å²) in [4.78, 5) is 0. The van der Waals surface area contributed by atoms with Crippen LogP contribution in [0.15, 0.2) is 22.7 Å². The number of anilines is 1. The Morgan fingerprint density at radius 1 is 1.40 bits per heavy atom. The van der Waals surface area contributed by atoms with E-state index in [1.165, 1.54) is 0 Å². The van der Waals surface area contributed by atoms with Crippen molar-refractivity contribution in [2.75, 3.05) is 5.32 Å². The number of aliphatic hydroxyl groups excluding tert-OH is 1. The van der Waals surface area contributed by atoms with Crippen LogP contribution in [0.3, 0.4) is 0 Å². The Morgan fingerprint density at radius 3 is 2.87 bits per heavy atom. The molecule has 0 bridgehead atoms. The Labute approximate surface area is 103 Å². The Hall–Kier alpha value is -0.250. The van der Waals surface area contributed by atoms with E-state index in [4.69, 9.17) is 11.6 Å². The fraction of sp³-hybridized carbons (Fsp3) is 0.455. The molecular formula is C11H13BrClNO. The smallest absolute Gasteiger partial charge is 0.0741 e. The van der Waals surface area contributed by atoms with Gasteiger partial charge >= 0.3 is 0 Å². The molecule has 0 heterocycles. The molecule has 0 saturated heterocycles. The first-order valence-corrected chi connectivity index (χ1v) is 6.24. The predicted molar refractivity (Wildman–Crippen MR) is 66.4 cm³/mol. The van der Waals surface area contributed by atoms with E-state index >= 15 is 0 Å². The first-order chi connectivity index (χ1) is 7.18. The summed E-state index contributed by atoms with van der Waals surface area (Å²) in [5.74, 6) is 0. The number of hydrogen-bond acceptors (Lipinski definition) is 2. The lowest BCUT2D eigenvalue weighted by atomic mass is 10.2. The highest BCUT2D eigenvalue weighted by Crippen LogP contribution is 2.32. The summed E-state index contributed by atoms with van der Waals surface area (Å²) in [6.07, 6.45) is 2.74. The molecular weight excluding hydrogens is 277 g/mol. The molecule has 4 heteroatoms. The zero-order valence-electron chi connectivity index (χ0n) is 8.21. The summed E-state index contributed by atoms with van der Waals surface area (Å²) in [6.45, 7) is 0. The van der Waals surface area contributed by atoms with Gasteiger partial charge in [0.15, 0.2) is 0 Å². The molecule has 2 atom stereocenters. The normalized spacial score (nSPS) is 25.5. The lowest BCUT2D eigenvalue weighted by Gasteiger charge is -2.19. The van der Waals surface area contributed by atoms with E-state index in [0.29, 0.717) is 5.02 Å². The molecule has 1 aliphatic rings. The molecule has 2 N–H and O–H groups in total. The fourth-order valence-corrected chi connectivity index (χ4v) is 2.48. The zero-order chi connectivity index (χ0) is 10.8.